The number of carbonyl (C=O) groups is 2. The lowest BCUT2D eigenvalue weighted by atomic mass is 10.2. The average molecular weight is 335 g/mol. The Morgan fingerprint density at radius 3 is 2.56 bits per heavy atom. The van der Waals surface area contributed by atoms with Gasteiger partial charge in [0.1, 0.15) is 5.70 Å². The van der Waals surface area contributed by atoms with Crippen LogP contribution in [0.25, 0.3) is 6.08 Å². The number of nitrogens with zero attached hydrogens (tertiary/aromatic N) is 2. The molecule has 1 N–H and O–H groups in total. The number of nitrogens with one attached hydrogen (secondary N) is 1. The predicted octanol–water partition coefficient (Wildman–Crippen LogP) is 3.23. The normalized spacial score (nSPS) is 15.8. The zero-order valence-corrected chi connectivity index (χ0v) is 14.5. The van der Waals surface area contributed by atoms with Crippen molar-refractivity contribution < 1.29 is 9.59 Å². The molecule has 0 radical (unpaired) electrons. The van der Waals surface area contributed by atoms with Gasteiger partial charge in [-0.3, -0.25) is 9.69 Å². The monoisotopic (exact) mass is 335 g/mol. The van der Waals surface area contributed by atoms with Gasteiger partial charge in [-0.15, -0.1) is 6.58 Å². The number of rotatable bonds is 5. The topological polar surface area (TPSA) is 54.3 Å². The van der Waals surface area contributed by atoms with Crippen molar-refractivity contribution in [2.24, 2.45) is 0 Å². The minimum atomic E-state index is -0.408. The molecule has 3 amide bonds. The molecule has 1 aliphatic rings. The second kappa shape index (κ2) is 6.81. The lowest BCUT2D eigenvalue weighted by Crippen LogP contribution is -2.30. The Hall–Kier alpha value is -3.08. The summed E-state index contributed by atoms with van der Waals surface area (Å²) in [5.41, 5.74) is 4.60. The average Bonchev–Trinajstić information content (AvgIpc) is 3.01. The molecule has 128 valence electrons. The fourth-order valence-electron chi connectivity index (χ4n) is 3.01. The quantitative estimate of drug-likeness (QED) is 0.518. The third-order valence-corrected chi connectivity index (χ3v) is 4.37. The van der Waals surface area contributed by atoms with Crippen molar-refractivity contribution in [3.8, 4) is 0 Å². The van der Waals surface area contributed by atoms with E-state index in [1.54, 1.807) is 6.08 Å². The highest BCUT2D eigenvalue weighted by atomic mass is 16.2. The van der Waals surface area contributed by atoms with Crippen molar-refractivity contribution in [2.45, 2.75) is 20.4 Å². The summed E-state index contributed by atoms with van der Waals surface area (Å²) in [6.45, 7) is 8.60. The summed E-state index contributed by atoms with van der Waals surface area (Å²) in [6, 6.07) is 11.8. The van der Waals surface area contributed by atoms with Crippen molar-refractivity contribution in [3.63, 3.8) is 0 Å². The highest BCUT2D eigenvalue weighted by Crippen LogP contribution is 2.21. The van der Waals surface area contributed by atoms with Crippen LogP contribution in [0.3, 0.4) is 0 Å². The van der Waals surface area contributed by atoms with E-state index in [-0.39, 0.29) is 12.5 Å². The summed E-state index contributed by atoms with van der Waals surface area (Å²) in [5, 5.41) is 2.63. The molecular weight excluding hydrogens is 314 g/mol. The van der Waals surface area contributed by atoms with Crippen LogP contribution < -0.4 is 5.32 Å². The van der Waals surface area contributed by atoms with Crippen LogP contribution >= 0.6 is 0 Å². The number of aryl methyl sites for hydroxylation is 1. The Kier molecular flexibility index (Phi) is 4.57. The third-order valence-electron chi connectivity index (χ3n) is 4.37. The van der Waals surface area contributed by atoms with Gasteiger partial charge in [-0.1, -0.05) is 36.4 Å². The fraction of sp³-hybridized carbons (Fsp3) is 0.200. The third kappa shape index (κ3) is 3.26. The van der Waals surface area contributed by atoms with Crippen LogP contribution in [0.2, 0.25) is 0 Å². The molecule has 0 saturated carbocycles. The van der Waals surface area contributed by atoms with Crippen molar-refractivity contribution in [1.29, 1.82) is 0 Å². The number of aromatic nitrogens is 1. The Labute approximate surface area is 147 Å². The highest BCUT2D eigenvalue weighted by Gasteiger charge is 2.32. The van der Waals surface area contributed by atoms with E-state index in [1.807, 2.05) is 38.1 Å². The zero-order chi connectivity index (χ0) is 18.0. The summed E-state index contributed by atoms with van der Waals surface area (Å²) in [4.78, 5) is 25.3. The van der Waals surface area contributed by atoms with E-state index in [0.29, 0.717) is 5.70 Å². The van der Waals surface area contributed by atoms with E-state index < -0.39 is 6.03 Å². The van der Waals surface area contributed by atoms with E-state index in [2.05, 4.69) is 28.6 Å². The molecule has 1 aromatic carbocycles. The van der Waals surface area contributed by atoms with Crippen LogP contribution in [0.5, 0.6) is 0 Å². The minimum Gasteiger partial charge on any atom is -0.344 e. The molecule has 2 aromatic rings. The highest BCUT2D eigenvalue weighted by molar-refractivity contribution is 6.14. The molecular formula is C20H21N3O2. The van der Waals surface area contributed by atoms with Crippen LogP contribution in [0.1, 0.15) is 22.5 Å². The van der Waals surface area contributed by atoms with Gasteiger partial charge in [-0.05, 0) is 37.1 Å². The Morgan fingerprint density at radius 2 is 1.88 bits per heavy atom. The number of carbonyl (C=O) groups excluding carboxylic acids is 2. The molecule has 1 fully saturated rings. The number of amides is 3. The summed E-state index contributed by atoms with van der Waals surface area (Å²) < 4.78 is 2.20. The predicted molar refractivity (Wildman–Crippen MR) is 97.9 cm³/mol. The maximum Gasteiger partial charge on any atom is 0.329 e. The largest absolute Gasteiger partial charge is 0.344 e. The first kappa shape index (κ1) is 16.8. The van der Waals surface area contributed by atoms with Gasteiger partial charge in [-0.2, -0.15) is 0 Å². The first-order valence-electron chi connectivity index (χ1n) is 8.17. The zero-order valence-electron chi connectivity index (χ0n) is 14.5. The lowest BCUT2D eigenvalue weighted by molar-refractivity contribution is -0.122. The molecule has 0 atom stereocenters. The molecule has 1 saturated heterocycles. The molecule has 5 nitrogen and oxygen atoms in total. The van der Waals surface area contributed by atoms with E-state index in [9.17, 15) is 9.59 Å². The van der Waals surface area contributed by atoms with Gasteiger partial charge in [-0.25, -0.2) is 4.79 Å². The van der Waals surface area contributed by atoms with Crippen LogP contribution in [0, 0.1) is 13.8 Å². The van der Waals surface area contributed by atoms with Crippen molar-refractivity contribution >= 4 is 18.0 Å². The Morgan fingerprint density at radius 1 is 1.16 bits per heavy atom. The summed E-state index contributed by atoms with van der Waals surface area (Å²) in [7, 11) is 0. The molecule has 3 rings (SSSR count). The maximum absolute atomic E-state index is 12.3. The molecule has 0 spiro atoms. The standard InChI is InChI=1S/C20H21N3O2/c1-4-10-22-19(24)18(21-20(22)25)12-17-11-14(2)23(15(17)3)13-16-8-6-5-7-9-16/h4-9,11-12H,1,10,13H2,2-3H3,(H,21,25)/b18-12+. The molecule has 5 heteroatoms. The van der Waals surface area contributed by atoms with E-state index in [1.165, 1.54) is 11.6 Å². The van der Waals surface area contributed by atoms with E-state index in [0.717, 1.165) is 28.4 Å². The number of benzene rings is 1. The molecule has 0 bridgehead atoms. The Bertz CT molecular complexity index is 863. The molecule has 25 heavy (non-hydrogen) atoms. The summed E-state index contributed by atoms with van der Waals surface area (Å²) in [5.74, 6) is -0.322. The van der Waals surface area contributed by atoms with Gasteiger partial charge in [0.15, 0.2) is 0 Å². The van der Waals surface area contributed by atoms with Crippen LogP contribution in [-0.4, -0.2) is 28.0 Å². The molecule has 0 aliphatic carbocycles. The number of urea groups is 1. The number of hydrogen-bond acceptors (Lipinski definition) is 2. The van der Waals surface area contributed by atoms with Crippen molar-refractivity contribution in [2.75, 3.05) is 6.54 Å². The van der Waals surface area contributed by atoms with Gasteiger partial charge >= 0.3 is 6.03 Å². The van der Waals surface area contributed by atoms with Crippen LogP contribution in [0.4, 0.5) is 4.79 Å². The Balaban J connectivity index is 1.89. The smallest absolute Gasteiger partial charge is 0.329 e. The van der Waals surface area contributed by atoms with Crippen LogP contribution in [-0.2, 0) is 11.3 Å². The summed E-state index contributed by atoms with van der Waals surface area (Å²) >= 11 is 0. The van der Waals surface area contributed by atoms with E-state index in [4.69, 9.17) is 0 Å². The van der Waals surface area contributed by atoms with Gasteiger partial charge in [0.05, 0.1) is 0 Å². The van der Waals surface area contributed by atoms with E-state index >= 15 is 0 Å². The molecule has 2 heterocycles. The lowest BCUT2D eigenvalue weighted by Gasteiger charge is -2.09. The maximum atomic E-state index is 12.3. The first-order valence-corrected chi connectivity index (χ1v) is 8.17. The van der Waals surface area contributed by atoms with Crippen LogP contribution in [0.15, 0.2) is 54.8 Å². The van der Waals surface area contributed by atoms with Gasteiger partial charge in [0.25, 0.3) is 5.91 Å². The minimum absolute atomic E-state index is 0.203. The second-order valence-electron chi connectivity index (χ2n) is 6.09. The number of hydrogen-bond donors (Lipinski definition) is 1. The first-order chi connectivity index (χ1) is 12.0. The van der Waals surface area contributed by atoms with Gasteiger partial charge < -0.3 is 9.88 Å². The van der Waals surface area contributed by atoms with Crippen molar-refractivity contribution in [1.82, 2.24) is 14.8 Å². The summed E-state index contributed by atoms with van der Waals surface area (Å²) in [6.07, 6.45) is 3.28. The molecule has 1 aliphatic heterocycles. The molecule has 0 unspecified atom stereocenters. The SMILES string of the molecule is C=CCN1C(=O)N/C(=C/c2cc(C)n(Cc3ccccc3)c2C)C1=O. The van der Waals surface area contributed by atoms with Crippen molar-refractivity contribution in [3.05, 3.63) is 77.3 Å². The van der Waals surface area contributed by atoms with Gasteiger partial charge in [0, 0.05) is 24.5 Å². The van der Waals surface area contributed by atoms with Gasteiger partial charge in [0.2, 0.25) is 0 Å². The number of imide groups is 1. The second-order valence-corrected chi connectivity index (χ2v) is 6.09. The molecule has 1 aromatic heterocycles. The fourth-order valence-corrected chi connectivity index (χ4v) is 3.01.